The molecule has 2 N–H and O–H groups in total. The van der Waals surface area contributed by atoms with Crippen LogP contribution in [0.3, 0.4) is 0 Å². The van der Waals surface area contributed by atoms with E-state index in [2.05, 4.69) is 28.1 Å². The molecule has 1 saturated carbocycles. The summed E-state index contributed by atoms with van der Waals surface area (Å²) in [5.41, 5.74) is 1.68. The molecule has 7 nitrogen and oxygen atoms in total. The second-order valence-electron chi connectivity index (χ2n) is 9.27. The maximum Gasteiger partial charge on any atom is 0.255 e. The average Bonchev–Trinajstić information content (AvgIpc) is 3.47. The van der Waals surface area contributed by atoms with Gasteiger partial charge in [-0.15, -0.1) is 11.3 Å². The predicted octanol–water partition coefficient (Wildman–Crippen LogP) is 3.14. The number of benzene rings is 1. The van der Waals surface area contributed by atoms with Gasteiger partial charge in [-0.1, -0.05) is 31.4 Å². The molecule has 2 aromatic rings. The molecule has 1 aromatic heterocycles. The molecule has 0 bridgehead atoms. The Morgan fingerprint density at radius 2 is 1.97 bits per heavy atom. The molecule has 0 spiro atoms. The number of carbonyl (C=O) groups excluding carboxylic acids is 4. The number of fused-ring (bicyclic) bond motifs is 1. The maximum atomic E-state index is 13.0. The van der Waals surface area contributed by atoms with Crippen LogP contribution in [0.5, 0.6) is 0 Å². The Bertz CT molecular complexity index is 1100. The van der Waals surface area contributed by atoms with E-state index >= 15 is 0 Å². The van der Waals surface area contributed by atoms with E-state index in [9.17, 15) is 19.2 Å². The number of nitrogens with zero attached hydrogens (tertiary/aromatic N) is 1. The number of nitrogens with one attached hydrogen (secondary N) is 2. The molecule has 1 saturated heterocycles. The highest BCUT2D eigenvalue weighted by molar-refractivity contribution is 7.10. The lowest BCUT2D eigenvalue weighted by Crippen LogP contribution is -2.52. The standard InChI is InChI=1S/C25H27N3O4S/c29-21-9-8-19(23(31)27-21)28-14-17-7-6-16(13-18(17)24(28)32)22(30)26-15-25(10-2-1-3-11-25)20-5-4-12-33-20/h4-7,12-13,19H,1-3,8-11,14-15H2,(H,26,30)(H,27,29,31). The molecule has 172 valence electrons. The molecule has 3 heterocycles. The minimum atomic E-state index is -0.656. The van der Waals surface area contributed by atoms with E-state index in [-0.39, 0.29) is 29.6 Å². The summed E-state index contributed by atoms with van der Waals surface area (Å²) in [6, 6.07) is 8.75. The molecule has 33 heavy (non-hydrogen) atoms. The van der Waals surface area contributed by atoms with Crippen molar-refractivity contribution >= 4 is 35.0 Å². The third kappa shape index (κ3) is 4.08. The smallest absolute Gasteiger partial charge is 0.255 e. The number of amides is 4. The second kappa shape index (κ2) is 8.74. The van der Waals surface area contributed by atoms with Crippen LogP contribution in [0.15, 0.2) is 35.7 Å². The zero-order valence-corrected chi connectivity index (χ0v) is 19.2. The molecule has 3 aliphatic rings. The van der Waals surface area contributed by atoms with Gasteiger partial charge in [-0.25, -0.2) is 0 Å². The molecular formula is C25H27N3O4S. The third-order valence-electron chi connectivity index (χ3n) is 7.23. The van der Waals surface area contributed by atoms with Crippen LogP contribution in [0.1, 0.15) is 76.1 Å². The Morgan fingerprint density at radius 1 is 1.15 bits per heavy atom. The Morgan fingerprint density at radius 3 is 2.70 bits per heavy atom. The van der Waals surface area contributed by atoms with E-state index in [4.69, 9.17) is 0 Å². The number of thiophene rings is 1. The number of hydrogen-bond acceptors (Lipinski definition) is 5. The molecule has 5 rings (SSSR count). The van der Waals surface area contributed by atoms with Gasteiger partial charge in [-0.2, -0.15) is 0 Å². The number of hydrogen-bond donors (Lipinski definition) is 2. The summed E-state index contributed by atoms with van der Waals surface area (Å²) < 4.78 is 0. The monoisotopic (exact) mass is 465 g/mol. The van der Waals surface area contributed by atoms with Crippen molar-refractivity contribution in [3.05, 3.63) is 57.3 Å². The van der Waals surface area contributed by atoms with Crippen molar-refractivity contribution < 1.29 is 19.2 Å². The van der Waals surface area contributed by atoms with E-state index < -0.39 is 11.9 Å². The molecule has 2 fully saturated rings. The van der Waals surface area contributed by atoms with Gasteiger partial charge in [0.2, 0.25) is 11.8 Å². The fourth-order valence-corrected chi connectivity index (χ4v) is 6.35. The van der Waals surface area contributed by atoms with Gasteiger partial charge in [0.05, 0.1) is 0 Å². The fourth-order valence-electron chi connectivity index (χ4n) is 5.37. The number of imide groups is 1. The number of carbonyl (C=O) groups is 4. The highest BCUT2D eigenvalue weighted by atomic mass is 32.1. The zero-order valence-electron chi connectivity index (χ0n) is 18.4. The van der Waals surface area contributed by atoms with E-state index in [1.807, 2.05) is 0 Å². The van der Waals surface area contributed by atoms with Gasteiger partial charge in [-0.3, -0.25) is 24.5 Å². The lowest BCUT2D eigenvalue weighted by atomic mass is 9.73. The lowest BCUT2D eigenvalue weighted by Gasteiger charge is -2.36. The highest BCUT2D eigenvalue weighted by Gasteiger charge is 2.39. The van der Waals surface area contributed by atoms with Gasteiger partial charge in [-0.05, 0) is 48.4 Å². The summed E-state index contributed by atoms with van der Waals surface area (Å²) in [5.74, 6) is -1.20. The maximum absolute atomic E-state index is 13.0. The molecular weight excluding hydrogens is 438 g/mol. The van der Waals surface area contributed by atoms with Gasteiger partial charge in [0.25, 0.3) is 11.8 Å². The van der Waals surface area contributed by atoms with Crippen LogP contribution in [0.4, 0.5) is 0 Å². The topological polar surface area (TPSA) is 95.6 Å². The predicted molar refractivity (Wildman–Crippen MR) is 124 cm³/mol. The van der Waals surface area contributed by atoms with E-state index in [0.717, 1.165) is 31.2 Å². The zero-order chi connectivity index (χ0) is 23.0. The first kappa shape index (κ1) is 21.8. The van der Waals surface area contributed by atoms with Crippen LogP contribution in [-0.4, -0.2) is 41.1 Å². The molecule has 2 aliphatic heterocycles. The van der Waals surface area contributed by atoms with Gasteiger partial charge in [0.1, 0.15) is 6.04 Å². The number of rotatable bonds is 5. The highest BCUT2D eigenvalue weighted by Crippen LogP contribution is 2.41. The first-order valence-corrected chi connectivity index (χ1v) is 12.4. The van der Waals surface area contributed by atoms with Crippen LogP contribution in [0.25, 0.3) is 0 Å². The van der Waals surface area contributed by atoms with E-state index in [1.165, 1.54) is 16.2 Å². The third-order valence-corrected chi connectivity index (χ3v) is 8.35. The van der Waals surface area contributed by atoms with Crippen LogP contribution in [0.2, 0.25) is 0 Å². The molecule has 0 radical (unpaired) electrons. The SMILES string of the molecule is O=C1CCC(N2Cc3ccc(C(=O)NCC4(c5cccs5)CCCCC4)cc3C2=O)C(=O)N1. The summed E-state index contributed by atoms with van der Waals surface area (Å²) in [7, 11) is 0. The van der Waals surface area contributed by atoms with Crippen LogP contribution < -0.4 is 10.6 Å². The van der Waals surface area contributed by atoms with Gasteiger partial charge >= 0.3 is 0 Å². The molecule has 1 aliphatic carbocycles. The largest absolute Gasteiger partial charge is 0.351 e. The summed E-state index contributed by atoms with van der Waals surface area (Å²) >= 11 is 1.75. The molecule has 8 heteroatoms. The van der Waals surface area contributed by atoms with Crippen LogP contribution in [0, 0.1) is 0 Å². The van der Waals surface area contributed by atoms with Crippen molar-refractivity contribution in [1.29, 1.82) is 0 Å². The minimum absolute atomic E-state index is 0.0167. The van der Waals surface area contributed by atoms with Crippen molar-refractivity contribution in [3.63, 3.8) is 0 Å². The lowest BCUT2D eigenvalue weighted by molar-refractivity contribution is -0.136. The van der Waals surface area contributed by atoms with Gasteiger partial charge in [0, 0.05) is 40.9 Å². The first-order valence-electron chi connectivity index (χ1n) is 11.6. The normalized spacial score (nSPS) is 22.1. The summed E-state index contributed by atoms with van der Waals surface area (Å²) in [4.78, 5) is 52.6. The van der Waals surface area contributed by atoms with Crippen molar-refractivity contribution in [3.8, 4) is 0 Å². The Kier molecular flexibility index (Phi) is 5.78. The van der Waals surface area contributed by atoms with Crippen LogP contribution in [-0.2, 0) is 21.5 Å². The van der Waals surface area contributed by atoms with Crippen molar-refractivity contribution in [2.75, 3.05) is 6.54 Å². The second-order valence-corrected chi connectivity index (χ2v) is 10.2. The fraction of sp³-hybridized carbons (Fsp3) is 0.440. The van der Waals surface area contributed by atoms with Gasteiger partial charge in [0.15, 0.2) is 0 Å². The Balaban J connectivity index is 1.30. The number of piperidine rings is 1. The summed E-state index contributed by atoms with van der Waals surface area (Å²) in [5, 5.41) is 7.53. The Hall–Kier alpha value is -3.00. The Labute approximate surface area is 196 Å². The summed E-state index contributed by atoms with van der Waals surface area (Å²) in [6.45, 7) is 0.892. The summed E-state index contributed by atoms with van der Waals surface area (Å²) in [6.07, 6.45) is 6.24. The van der Waals surface area contributed by atoms with Crippen molar-refractivity contribution in [1.82, 2.24) is 15.5 Å². The van der Waals surface area contributed by atoms with Gasteiger partial charge < -0.3 is 10.2 Å². The first-order chi connectivity index (χ1) is 16.0. The van der Waals surface area contributed by atoms with Crippen molar-refractivity contribution in [2.45, 2.75) is 62.9 Å². The molecule has 4 amide bonds. The molecule has 1 atom stereocenters. The minimum Gasteiger partial charge on any atom is -0.351 e. The van der Waals surface area contributed by atoms with Crippen molar-refractivity contribution in [2.24, 2.45) is 0 Å². The van der Waals surface area contributed by atoms with Crippen LogP contribution >= 0.6 is 11.3 Å². The van der Waals surface area contributed by atoms with E-state index in [1.54, 1.807) is 29.5 Å². The average molecular weight is 466 g/mol. The quantitative estimate of drug-likeness (QED) is 0.663. The molecule has 1 unspecified atom stereocenters. The molecule has 1 aromatic carbocycles. The van der Waals surface area contributed by atoms with E-state index in [0.29, 0.717) is 30.6 Å².